The zero-order chi connectivity index (χ0) is 13.9. The van der Waals surface area contributed by atoms with Gasteiger partial charge < -0.3 is 5.32 Å². The van der Waals surface area contributed by atoms with Crippen molar-refractivity contribution in [1.82, 2.24) is 9.97 Å². The Kier molecular flexibility index (Phi) is 3.52. The van der Waals surface area contributed by atoms with Gasteiger partial charge in [-0.3, -0.25) is 9.97 Å². The van der Waals surface area contributed by atoms with Crippen LogP contribution in [0.25, 0.3) is 10.9 Å². The summed E-state index contributed by atoms with van der Waals surface area (Å²) in [5, 5.41) is 5.17. The SMILES string of the molecule is Cc1cc(Cl)c(NCc2ccncc2)c2cccnc12. The van der Waals surface area contributed by atoms with Gasteiger partial charge >= 0.3 is 0 Å². The van der Waals surface area contributed by atoms with Gasteiger partial charge in [0.2, 0.25) is 0 Å². The molecular formula is C16H14ClN3. The summed E-state index contributed by atoms with van der Waals surface area (Å²) in [5.74, 6) is 0. The summed E-state index contributed by atoms with van der Waals surface area (Å²) in [6, 6.07) is 9.88. The number of aryl methyl sites for hydroxylation is 1. The van der Waals surface area contributed by atoms with E-state index in [1.54, 1.807) is 18.6 Å². The van der Waals surface area contributed by atoms with Crippen LogP contribution in [0.3, 0.4) is 0 Å². The van der Waals surface area contributed by atoms with E-state index in [1.807, 2.05) is 37.3 Å². The highest BCUT2D eigenvalue weighted by Gasteiger charge is 2.09. The highest BCUT2D eigenvalue weighted by molar-refractivity contribution is 6.35. The highest BCUT2D eigenvalue weighted by atomic mass is 35.5. The summed E-state index contributed by atoms with van der Waals surface area (Å²) in [6.07, 6.45) is 5.37. The summed E-state index contributed by atoms with van der Waals surface area (Å²) in [7, 11) is 0. The number of anilines is 1. The molecule has 0 saturated heterocycles. The van der Waals surface area contributed by atoms with Crippen molar-refractivity contribution in [2.24, 2.45) is 0 Å². The maximum Gasteiger partial charge on any atom is 0.0752 e. The Bertz CT molecular complexity index is 741. The van der Waals surface area contributed by atoms with Gasteiger partial charge in [-0.1, -0.05) is 11.6 Å². The first-order valence-corrected chi connectivity index (χ1v) is 6.80. The fraction of sp³-hybridized carbons (Fsp3) is 0.125. The van der Waals surface area contributed by atoms with Crippen molar-refractivity contribution in [3.63, 3.8) is 0 Å². The molecule has 100 valence electrons. The van der Waals surface area contributed by atoms with E-state index in [0.717, 1.165) is 32.7 Å². The van der Waals surface area contributed by atoms with Crippen molar-refractivity contribution >= 4 is 28.2 Å². The van der Waals surface area contributed by atoms with Gasteiger partial charge in [-0.15, -0.1) is 0 Å². The van der Waals surface area contributed by atoms with Crippen LogP contribution >= 0.6 is 11.6 Å². The summed E-state index contributed by atoms with van der Waals surface area (Å²) in [4.78, 5) is 8.44. The lowest BCUT2D eigenvalue weighted by molar-refractivity contribution is 1.13. The monoisotopic (exact) mass is 283 g/mol. The average Bonchev–Trinajstić information content (AvgIpc) is 2.48. The molecule has 0 bridgehead atoms. The molecule has 0 unspecified atom stereocenters. The lowest BCUT2D eigenvalue weighted by Crippen LogP contribution is -2.01. The third kappa shape index (κ3) is 2.45. The Morgan fingerprint density at radius 2 is 1.95 bits per heavy atom. The number of halogens is 1. The molecule has 0 spiro atoms. The molecule has 3 aromatic rings. The van der Waals surface area contributed by atoms with Gasteiger partial charge in [0, 0.05) is 30.5 Å². The van der Waals surface area contributed by atoms with Crippen LogP contribution in [0.15, 0.2) is 48.9 Å². The molecule has 0 amide bonds. The Morgan fingerprint density at radius 1 is 1.15 bits per heavy atom. The van der Waals surface area contributed by atoms with E-state index in [1.165, 1.54) is 0 Å². The van der Waals surface area contributed by atoms with E-state index < -0.39 is 0 Å². The predicted octanol–water partition coefficient (Wildman–Crippen LogP) is 4.20. The fourth-order valence-corrected chi connectivity index (χ4v) is 2.58. The standard InChI is InChI=1S/C16H14ClN3/c1-11-9-14(17)16(13-3-2-6-19-15(11)13)20-10-12-4-7-18-8-5-12/h2-9,20H,10H2,1H3. The van der Waals surface area contributed by atoms with Gasteiger partial charge in [-0.05, 0) is 48.4 Å². The first-order valence-electron chi connectivity index (χ1n) is 6.42. The van der Waals surface area contributed by atoms with Crippen LogP contribution in [0.1, 0.15) is 11.1 Å². The number of nitrogens with zero attached hydrogens (tertiary/aromatic N) is 2. The summed E-state index contributed by atoms with van der Waals surface area (Å²) >= 11 is 6.37. The maximum absolute atomic E-state index is 6.37. The molecule has 0 saturated carbocycles. The summed E-state index contributed by atoms with van der Waals surface area (Å²) < 4.78 is 0. The second-order valence-electron chi connectivity index (χ2n) is 4.66. The first kappa shape index (κ1) is 12.9. The van der Waals surface area contributed by atoms with Crippen LogP contribution in [-0.2, 0) is 6.54 Å². The van der Waals surface area contributed by atoms with Gasteiger partial charge in [-0.25, -0.2) is 0 Å². The molecule has 3 rings (SSSR count). The Hall–Kier alpha value is -2.13. The Labute approximate surface area is 122 Å². The third-order valence-corrected chi connectivity index (χ3v) is 3.55. The number of pyridine rings is 2. The largest absolute Gasteiger partial charge is 0.379 e. The van der Waals surface area contributed by atoms with Crippen molar-refractivity contribution in [3.8, 4) is 0 Å². The van der Waals surface area contributed by atoms with Gasteiger partial charge in [0.15, 0.2) is 0 Å². The van der Waals surface area contributed by atoms with E-state index in [2.05, 4.69) is 15.3 Å². The molecule has 0 aliphatic rings. The minimum absolute atomic E-state index is 0.704. The minimum atomic E-state index is 0.704. The molecule has 0 atom stereocenters. The van der Waals surface area contributed by atoms with Crippen LogP contribution in [0.4, 0.5) is 5.69 Å². The van der Waals surface area contributed by atoms with E-state index in [-0.39, 0.29) is 0 Å². The molecule has 2 heterocycles. The predicted molar refractivity (Wildman–Crippen MR) is 83.1 cm³/mol. The van der Waals surface area contributed by atoms with Crippen molar-refractivity contribution in [2.75, 3.05) is 5.32 Å². The number of fused-ring (bicyclic) bond motifs is 1. The van der Waals surface area contributed by atoms with Crippen molar-refractivity contribution in [1.29, 1.82) is 0 Å². The molecule has 0 aliphatic carbocycles. The summed E-state index contributed by atoms with van der Waals surface area (Å²) in [6.45, 7) is 2.73. The smallest absolute Gasteiger partial charge is 0.0752 e. The highest BCUT2D eigenvalue weighted by Crippen LogP contribution is 2.32. The van der Waals surface area contributed by atoms with E-state index in [9.17, 15) is 0 Å². The molecule has 20 heavy (non-hydrogen) atoms. The Morgan fingerprint density at radius 3 is 2.75 bits per heavy atom. The van der Waals surface area contributed by atoms with Crippen molar-refractivity contribution in [2.45, 2.75) is 13.5 Å². The molecular weight excluding hydrogens is 270 g/mol. The van der Waals surface area contributed by atoms with Crippen molar-refractivity contribution < 1.29 is 0 Å². The second kappa shape index (κ2) is 5.47. The third-order valence-electron chi connectivity index (χ3n) is 3.25. The van der Waals surface area contributed by atoms with Gasteiger partial charge in [0.1, 0.15) is 0 Å². The number of hydrogen-bond acceptors (Lipinski definition) is 3. The minimum Gasteiger partial charge on any atom is -0.379 e. The molecule has 0 radical (unpaired) electrons. The average molecular weight is 284 g/mol. The molecule has 0 fully saturated rings. The number of benzene rings is 1. The lowest BCUT2D eigenvalue weighted by atomic mass is 10.1. The van der Waals surface area contributed by atoms with Crippen LogP contribution in [-0.4, -0.2) is 9.97 Å². The van der Waals surface area contributed by atoms with Gasteiger partial charge in [0.25, 0.3) is 0 Å². The molecule has 3 nitrogen and oxygen atoms in total. The number of aromatic nitrogens is 2. The molecule has 1 N–H and O–H groups in total. The van der Waals surface area contributed by atoms with E-state index in [0.29, 0.717) is 6.54 Å². The lowest BCUT2D eigenvalue weighted by Gasteiger charge is -2.13. The number of nitrogens with one attached hydrogen (secondary N) is 1. The normalized spacial score (nSPS) is 10.7. The maximum atomic E-state index is 6.37. The molecule has 0 aliphatic heterocycles. The molecule has 2 aromatic heterocycles. The van der Waals surface area contributed by atoms with Crippen molar-refractivity contribution in [3.05, 3.63) is 65.1 Å². The zero-order valence-corrected chi connectivity index (χ0v) is 11.9. The summed E-state index contributed by atoms with van der Waals surface area (Å²) in [5.41, 5.74) is 4.15. The van der Waals surface area contributed by atoms with E-state index in [4.69, 9.17) is 11.6 Å². The quantitative estimate of drug-likeness (QED) is 0.783. The number of hydrogen-bond donors (Lipinski definition) is 1. The zero-order valence-electron chi connectivity index (χ0n) is 11.1. The van der Waals surface area contributed by atoms with Crippen LogP contribution in [0, 0.1) is 6.92 Å². The van der Waals surface area contributed by atoms with E-state index >= 15 is 0 Å². The van der Waals surface area contributed by atoms with Crippen LogP contribution < -0.4 is 5.32 Å². The fourth-order valence-electron chi connectivity index (χ4n) is 2.25. The second-order valence-corrected chi connectivity index (χ2v) is 5.07. The first-order chi connectivity index (χ1) is 9.75. The van der Waals surface area contributed by atoms with Gasteiger partial charge in [0.05, 0.1) is 16.2 Å². The topological polar surface area (TPSA) is 37.8 Å². The van der Waals surface area contributed by atoms with Crippen LogP contribution in [0.5, 0.6) is 0 Å². The number of rotatable bonds is 3. The van der Waals surface area contributed by atoms with Crippen LogP contribution in [0.2, 0.25) is 5.02 Å². The van der Waals surface area contributed by atoms with Gasteiger partial charge in [-0.2, -0.15) is 0 Å². The molecule has 1 aromatic carbocycles. The molecule has 4 heteroatoms. The Balaban J connectivity index is 1.99.